The SMILES string of the molecule is CCCP(N)CC(C)C. The monoisotopic (exact) mass is 147 g/mol. The maximum absolute atomic E-state index is 5.85. The van der Waals surface area contributed by atoms with Crippen LogP contribution in [0.5, 0.6) is 0 Å². The average Bonchev–Trinajstić information content (AvgIpc) is 1.63. The Morgan fingerprint density at radius 1 is 1.44 bits per heavy atom. The molecular formula is C7H18NP. The van der Waals surface area contributed by atoms with E-state index >= 15 is 0 Å². The van der Waals surface area contributed by atoms with Gasteiger partial charge in [0.2, 0.25) is 0 Å². The van der Waals surface area contributed by atoms with Gasteiger partial charge in [0.15, 0.2) is 0 Å². The highest BCUT2D eigenvalue weighted by molar-refractivity contribution is 7.55. The summed E-state index contributed by atoms with van der Waals surface area (Å²) < 4.78 is 0. The Morgan fingerprint density at radius 3 is 2.33 bits per heavy atom. The van der Waals surface area contributed by atoms with Crippen molar-refractivity contribution in [3.05, 3.63) is 0 Å². The van der Waals surface area contributed by atoms with E-state index in [1.165, 1.54) is 18.7 Å². The standard InChI is InChI=1S/C7H18NP/c1-4-5-9(8)6-7(2)3/h7H,4-6,8H2,1-3H3. The van der Waals surface area contributed by atoms with Gasteiger partial charge in [-0.05, 0) is 26.3 Å². The van der Waals surface area contributed by atoms with Gasteiger partial charge in [-0.1, -0.05) is 27.2 Å². The molecule has 0 aliphatic carbocycles. The second-order valence-electron chi connectivity index (χ2n) is 2.89. The molecule has 0 heterocycles. The molecule has 1 nitrogen and oxygen atoms in total. The molecule has 0 rings (SSSR count). The van der Waals surface area contributed by atoms with E-state index < -0.39 is 0 Å². The zero-order valence-corrected chi connectivity index (χ0v) is 7.62. The van der Waals surface area contributed by atoms with Crippen molar-refractivity contribution in [3.63, 3.8) is 0 Å². The van der Waals surface area contributed by atoms with Gasteiger partial charge in [-0.2, -0.15) is 0 Å². The second kappa shape index (κ2) is 5.20. The minimum absolute atomic E-state index is 0.120. The van der Waals surface area contributed by atoms with Gasteiger partial charge in [-0.25, -0.2) is 0 Å². The predicted molar refractivity (Wildman–Crippen MR) is 46.0 cm³/mol. The summed E-state index contributed by atoms with van der Waals surface area (Å²) >= 11 is 0. The fourth-order valence-corrected chi connectivity index (χ4v) is 2.54. The second-order valence-corrected chi connectivity index (χ2v) is 4.88. The first kappa shape index (κ1) is 9.39. The molecule has 0 fully saturated rings. The van der Waals surface area contributed by atoms with Gasteiger partial charge in [-0.15, -0.1) is 0 Å². The summed E-state index contributed by atoms with van der Waals surface area (Å²) in [7, 11) is -0.120. The van der Waals surface area contributed by atoms with Gasteiger partial charge < -0.3 is 5.50 Å². The normalized spacial score (nSPS) is 14.3. The Kier molecular flexibility index (Phi) is 5.42. The van der Waals surface area contributed by atoms with Crippen molar-refractivity contribution >= 4 is 8.07 Å². The van der Waals surface area contributed by atoms with Crippen LogP contribution in [0.15, 0.2) is 0 Å². The molecule has 0 bridgehead atoms. The summed E-state index contributed by atoms with van der Waals surface area (Å²) in [4.78, 5) is 0. The number of hydrogen-bond donors (Lipinski definition) is 1. The average molecular weight is 147 g/mol. The molecule has 9 heavy (non-hydrogen) atoms. The van der Waals surface area contributed by atoms with Gasteiger partial charge in [0.25, 0.3) is 0 Å². The van der Waals surface area contributed by atoms with Crippen molar-refractivity contribution in [3.8, 4) is 0 Å². The molecule has 1 unspecified atom stereocenters. The van der Waals surface area contributed by atoms with Crippen molar-refractivity contribution in [1.82, 2.24) is 0 Å². The molecule has 0 aromatic heterocycles. The Hall–Kier alpha value is 0.390. The number of nitrogens with two attached hydrogens (primary N) is 1. The molecule has 56 valence electrons. The zero-order valence-electron chi connectivity index (χ0n) is 6.72. The third kappa shape index (κ3) is 6.27. The van der Waals surface area contributed by atoms with Crippen molar-refractivity contribution in [2.75, 3.05) is 12.3 Å². The topological polar surface area (TPSA) is 26.0 Å². The summed E-state index contributed by atoms with van der Waals surface area (Å²) in [6.45, 7) is 6.66. The first-order valence-corrected chi connectivity index (χ1v) is 5.44. The lowest BCUT2D eigenvalue weighted by Gasteiger charge is -2.12. The van der Waals surface area contributed by atoms with Gasteiger partial charge in [0, 0.05) is 0 Å². The smallest absolute Gasteiger partial charge is 0.0173 e. The summed E-state index contributed by atoms with van der Waals surface area (Å²) in [6.07, 6.45) is 3.73. The highest BCUT2D eigenvalue weighted by Gasteiger charge is 2.01. The largest absolute Gasteiger partial charge is 0.310 e. The van der Waals surface area contributed by atoms with Crippen molar-refractivity contribution in [1.29, 1.82) is 0 Å². The minimum Gasteiger partial charge on any atom is -0.310 e. The molecule has 0 saturated heterocycles. The van der Waals surface area contributed by atoms with E-state index in [1.807, 2.05) is 0 Å². The Labute approximate surface area is 59.8 Å². The Bertz CT molecular complexity index is 63.9. The van der Waals surface area contributed by atoms with Crippen LogP contribution >= 0.6 is 8.07 Å². The molecule has 2 heteroatoms. The summed E-state index contributed by atoms with van der Waals surface area (Å²) in [5.41, 5.74) is 5.85. The fraction of sp³-hybridized carbons (Fsp3) is 1.00. The van der Waals surface area contributed by atoms with E-state index in [0.717, 1.165) is 5.92 Å². The molecule has 2 N–H and O–H groups in total. The third-order valence-electron chi connectivity index (χ3n) is 1.11. The highest BCUT2D eigenvalue weighted by Crippen LogP contribution is 2.28. The molecular weight excluding hydrogens is 129 g/mol. The molecule has 1 atom stereocenters. The zero-order chi connectivity index (χ0) is 7.28. The third-order valence-corrected chi connectivity index (χ3v) is 3.33. The Balaban J connectivity index is 3.15. The first-order valence-electron chi connectivity index (χ1n) is 3.66. The minimum atomic E-state index is -0.120. The van der Waals surface area contributed by atoms with Crippen LogP contribution in [0.2, 0.25) is 0 Å². The van der Waals surface area contributed by atoms with E-state index in [1.54, 1.807) is 0 Å². The Morgan fingerprint density at radius 2 is 2.00 bits per heavy atom. The lowest BCUT2D eigenvalue weighted by Crippen LogP contribution is -2.03. The highest BCUT2D eigenvalue weighted by atomic mass is 31.1. The lowest BCUT2D eigenvalue weighted by atomic mass is 10.3. The van der Waals surface area contributed by atoms with Crippen molar-refractivity contribution < 1.29 is 0 Å². The molecule has 0 aliphatic heterocycles. The maximum atomic E-state index is 5.85. The summed E-state index contributed by atoms with van der Waals surface area (Å²) in [5.74, 6) is 0.785. The van der Waals surface area contributed by atoms with Crippen LogP contribution in [0.25, 0.3) is 0 Å². The van der Waals surface area contributed by atoms with Crippen molar-refractivity contribution in [2.24, 2.45) is 11.4 Å². The van der Waals surface area contributed by atoms with E-state index in [0.29, 0.717) is 0 Å². The van der Waals surface area contributed by atoms with E-state index in [-0.39, 0.29) is 8.07 Å². The summed E-state index contributed by atoms with van der Waals surface area (Å²) in [5, 5.41) is 0. The van der Waals surface area contributed by atoms with E-state index in [4.69, 9.17) is 5.50 Å². The lowest BCUT2D eigenvalue weighted by molar-refractivity contribution is 0.742. The van der Waals surface area contributed by atoms with Gasteiger partial charge in [0.05, 0.1) is 0 Å². The maximum Gasteiger partial charge on any atom is -0.0173 e. The molecule has 0 amide bonds. The van der Waals surface area contributed by atoms with Crippen LogP contribution in [0.1, 0.15) is 27.2 Å². The molecule has 0 saturated carbocycles. The van der Waals surface area contributed by atoms with Crippen molar-refractivity contribution in [2.45, 2.75) is 27.2 Å². The number of rotatable bonds is 4. The first-order chi connectivity index (χ1) is 4.16. The van der Waals surface area contributed by atoms with Crippen LogP contribution < -0.4 is 5.50 Å². The van der Waals surface area contributed by atoms with Gasteiger partial charge in [-0.3, -0.25) is 0 Å². The predicted octanol–water partition coefficient (Wildman–Crippen LogP) is 2.41. The van der Waals surface area contributed by atoms with Crippen LogP contribution in [-0.2, 0) is 0 Å². The van der Waals surface area contributed by atoms with Crippen LogP contribution in [-0.4, -0.2) is 12.3 Å². The number of hydrogen-bond acceptors (Lipinski definition) is 1. The molecule has 0 aromatic rings. The van der Waals surface area contributed by atoms with E-state index in [9.17, 15) is 0 Å². The molecule has 0 spiro atoms. The molecule has 0 radical (unpaired) electrons. The van der Waals surface area contributed by atoms with Crippen LogP contribution in [0, 0.1) is 5.92 Å². The molecule has 0 aliphatic rings. The van der Waals surface area contributed by atoms with Crippen LogP contribution in [0.4, 0.5) is 0 Å². The van der Waals surface area contributed by atoms with Gasteiger partial charge in [0.1, 0.15) is 0 Å². The fourth-order valence-electron chi connectivity index (χ4n) is 0.848. The molecule has 0 aromatic carbocycles. The van der Waals surface area contributed by atoms with E-state index in [2.05, 4.69) is 20.8 Å². The quantitative estimate of drug-likeness (QED) is 0.607. The van der Waals surface area contributed by atoms with Crippen LogP contribution in [0.3, 0.4) is 0 Å². The summed E-state index contributed by atoms with van der Waals surface area (Å²) in [6, 6.07) is 0. The van der Waals surface area contributed by atoms with Gasteiger partial charge >= 0.3 is 0 Å².